The Balaban J connectivity index is 2.79. The molecule has 78 valence electrons. The van der Waals surface area contributed by atoms with Gasteiger partial charge >= 0.3 is 0 Å². The molecular formula is C10H13F2NO. The SMILES string of the molecule is NC[C@@H](CO)Cc1cc(F)ccc1F. The average Bonchev–Trinajstić information content (AvgIpc) is 2.19. The zero-order chi connectivity index (χ0) is 10.6. The maximum atomic E-state index is 13.1. The lowest BCUT2D eigenvalue weighted by molar-refractivity contribution is 0.229. The number of aliphatic hydroxyl groups excluding tert-OH is 1. The van der Waals surface area contributed by atoms with Gasteiger partial charge in [-0.05, 0) is 42.6 Å². The largest absolute Gasteiger partial charge is 0.396 e. The van der Waals surface area contributed by atoms with Crippen molar-refractivity contribution in [2.24, 2.45) is 11.7 Å². The number of aliphatic hydroxyl groups is 1. The third-order valence-electron chi connectivity index (χ3n) is 2.11. The van der Waals surface area contributed by atoms with Gasteiger partial charge in [-0.3, -0.25) is 0 Å². The molecule has 0 heterocycles. The number of rotatable bonds is 4. The second kappa shape index (κ2) is 5.02. The molecule has 0 amide bonds. The number of hydrogen-bond donors (Lipinski definition) is 2. The Morgan fingerprint density at radius 1 is 1.36 bits per heavy atom. The first-order valence-corrected chi connectivity index (χ1v) is 4.42. The smallest absolute Gasteiger partial charge is 0.126 e. The van der Waals surface area contributed by atoms with Gasteiger partial charge in [-0.15, -0.1) is 0 Å². The van der Waals surface area contributed by atoms with E-state index in [1.165, 1.54) is 0 Å². The van der Waals surface area contributed by atoms with Crippen molar-refractivity contribution in [3.05, 3.63) is 35.4 Å². The molecule has 0 aromatic heterocycles. The molecule has 2 nitrogen and oxygen atoms in total. The molecule has 0 aliphatic carbocycles. The Bertz CT molecular complexity index is 300. The zero-order valence-corrected chi connectivity index (χ0v) is 7.71. The van der Waals surface area contributed by atoms with Crippen LogP contribution in [0, 0.1) is 17.6 Å². The molecule has 1 rings (SSSR count). The fourth-order valence-corrected chi connectivity index (χ4v) is 1.23. The molecule has 0 aliphatic rings. The topological polar surface area (TPSA) is 46.2 Å². The Morgan fingerprint density at radius 3 is 2.64 bits per heavy atom. The summed E-state index contributed by atoms with van der Waals surface area (Å²) in [5.41, 5.74) is 5.60. The molecule has 1 aromatic carbocycles. The Labute approximate surface area is 81.4 Å². The summed E-state index contributed by atoms with van der Waals surface area (Å²) in [4.78, 5) is 0. The molecule has 14 heavy (non-hydrogen) atoms. The molecule has 0 aliphatic heterocycles. The summed E-state index contributed by atoms with van der Waals surface area (Å²) in [5, 5.41) is 8.85. The minimum Gasteiger partial charge on any atom is -0.396 e. The van der Waals surface area contributed by atoms with Gasteiger partial charge in [0.1, 0.15) is 11.6 Å². The highest BCUT2D eigenvalue weighted by Crippen LogP contribution is 2.13. The van der Waals surface area contributed by atoms with Gasteiger partial charge in [0.2, 0.25) is 0 Å². The van der Waals surface area contributed by atoms with Crippen LogP contribution >= 0.6 is 0 Å². The van der Waals surface area contributed by atoms with Crippen LogP contribution < -0.4 is 5.73 Å². The van der Waals surface area contributed by atoms with E-state index in [0.29, 0.717) is 0 Å². The highest BCUT2D eigenvalue weighted by Gasteiger charge is 2.10. The molecule has 1 aromatic rings. The first-order chi connectivity index (χ1) is 6.67. The second-order valence-corrected chi connectivity index (χ2v) is 3.22. The van der Waals surface area contributed by atoms with Crippen LogP contribution in [0.25, 0.3) is 0 Å². The first kappa shape index (κ1) is 11.1. The number of halogens is 2. The van der Waals surface area contributed by atoms with Gasteiger partial charge in [0.15, 0.2) is 0 Å². The molecule has 4 heteroatoms. The van der Waals surface area contributed by atoms with Gasteiger partial charge in [-0.2, -0.15) is 0 Å². The monoisotopic (exact) mass is 201 g/mol. The van der Waals surface area contributed by atoms with Crippen molar-refractivity contribution in [1.29, 1.82) is 0 Å². The van der Waals surface area contributed by atoms with E-state index in [-0.39, 0.29) is 31.1 Å². The lowest BCUT2D eigenvalue weighted by Crippen LogP contribution is -2.20. The van der Waals surface area contributed by atoms with Crippen LogP contribution in [0.15, 0.2) is 18.2 Å². The minimum atomic E-state index is -0.477. The Kier molecular flexibility index (Phi) is 3.98. The second-order valence-electron chi connectivity index (χ2n) is 3.22. The van der Waals surface area contributed by atoms with Crippen LogP contribution in [-0.4, -0.2) is 18.3 Å². The van der Waals surface area contributed by atoms with Gasteiger partial charge in [0, 0.05) is 6.61 Å². The molecule has 0 saturated heterocycles. The van der Waals surface area contributed by atoms with E-state index in [9.17, 15) is 8.78 Å². The summed E-state index contributed by atoms with van der Waals surface area (Å²) < 4.78 is 25.9. The highest BCUT2D eigenvalue weighted by molar-refractivity contribution is 5.19. The lowest BCUT2D eigenvalue weighted by Gasteiger charge is -2.11. The number of hydrogen-bond acceptors (Lipinski definition) is 2. The van der Waals surface area contributed by atoms with Gasteiger partial charge < -0.3 is 10.8 Å². The molecular weight excluding hydrogens is 188 g/mol. The lowest BCUT2D eigenvalue weighted by atomic mass is 10.00. The summed E-state index contributed by atoms with van der Waals surface area (Å²) in [6.45, 7) is 0.138. The Hall–Kier alpha value is -1.00. The third-order valence-corrected chi connectivity index (χ3v) is 2.11. The van der Waals surface area contributed by atoms with Crippen LogP contribution in [0.5, 0.6) is 0 Å². The average molecular weight is 201 g/mol. The quantitative estimate of drug-likeness (QED) is 0.765. The van der Waals surface area contributed by atoms with Crippen LogP contribution in [0.2, 0.25) is 0 Å². The first-order valence-electron chi connectivity index (χ1n) is 4.42. The summed E-state index contributed by atoms with van der Waals surface area (Å²) in [6.07, 6.45) is 0.261. The third kappa shape index (κ3) is 2.75. The summed E-state index contributed by atoms with van der Waals surface area (Å²) >= 11 is 0. The van der Waals surface area contributed by atoms with Crippen molar-refractivity contribution in [3.8, 4) is 0 Å². The van der Waals surface area contributed by atoms with E-state index >= 15 is 0 Å². The molecule has 0 saturated carbocycles. The van der Waals surface area contributed by atoms with E-state index in [1.807, 2.05) is 0 Å². The minimum absolute atomic E-state index is 0.119. The van der Waals surface area contributed by atoms with Crippen LogP contribution in [-0.2, 0) is 6.42 Å². The van der Waals surface area contributed by atoms with Gasteiger partial charge in [-0.25, -0.2) is 8.78 Å². The molecule has 0 unspecified atom stereocenters. The van der Waals surface area contributed by atoms with E-state index in [1.54, 1.807) is 0 Å². The van der Waals surface area contributed by atoms with E-state index in [0.717, 1.165) is 18.2 Å². The fourth-order valence-electron chi connectivity index (χ4n) is 1.23. The van der Waals surface area contributed by atoms with Crippen molar-refractivity contribution in [2.45, 2.75) is 6.42 Å². The van der Waals surface area contributed by atoms with Crippen LogP contribution in [0.1, 0.15) is 5.56 Å². The van der Waals surface area contributed by atoms with Gasteiger partial charge in [-0.1, -0.05) is 0 Å². The summed E-state index contributed by atoms with van der Waals surface area (Å²) in [7, 11) is 0. The van der Waals surface area contributed by atoms with E-state index < -0.39 is 11.6 Å². The molecule has 0 radical (unpaired) electrons. The Morgan fingerprint density at radius 2 is 2.07 bits per heavy atom. The standard InChI is InChI=1S/C10H13F2NO/c11-9-1-2-10(12)8(4-9)3-7(5-13)6-14/h1-2,4,7,14H,3,5-6,13H2/t7-/m0/s1. The van der Waals surface area contributed by atoms with Crippen molar-refractivity contribution in [1.82, 2.24) is 0 Å². The van der Waals surface area contributed by atoms with Gasteiger partial charge in [0.05, 0.1) is 0 Å². The van der Waals surface area contributed by atoms with Crippen LogP contribution in [0.3, 0.4) is 0 Å². The zero-order valence-electron chi connectivity index (χ0n) is 7.71. The van der Waals surface area contributed by atoms with E-state index in [2.05, 4.69) is 0 Å². The van der Waals surface area contributed by atoms with Crippen molar-refractivity contribution >= 4 is 0 Å². The van der Waals surface area contributed by atoms with Crippen molar-refractivity contribution in [3.63, 3.8) is 0 Å². The molecule has 3 N–H and O–H groups in total. The molecule has 0 fully saturated rings. The summed E-state index contributed by atoms with van der Waals surface area (Å²) in [6, 6.07) is 3.28. The summed E-state index contributed by atoms with van der Waals surface area (Å²) in [5.74, 6) is -1.15. The fraction of sp³-hybridized carbons (Fsp3) is 0.400. The predicted octanol–water partition coefficient (Wildman–Crippen LogP) is 1.07. The molecule has 1 atom stereocenters. The van der Waals surface area contributed by atoms with Crippen molar-refractivity contribution < 1.29 is 13.9 Å². The molecule has 0 bridgehead atoms. The van der Waals surface area contributed by atoms with Crippen LogP contribution in [0.4, 0.5) is 8.78 Å². The highest BCUT2D eigenvalue weighted by atomic mass is 19.1. The number of nitrogens with two attached hydrogens (primary N) is 1. The molecule has 0 spiro atoms. The van der Waals surface area contributed by atoms with Gasteiger partial charge in [0.25, 0.3) is 0 Å². The maximum Gasteiger partial charge on any atom is 0.126 e. The van der Waals surface area contributed by atoms with E-state index in [4.69, 9.17) is 10.8 Å². The predicted molar refractivity (Wildman–Crippen MR) is 49.7 cm³/mol. The normalized spacial score (nSPS) is 12.9. The maximum absolute atomic E-state index is 13.1. The number of benzene rings is 1. The van der Waals surface area contributed by atoms with Crippen molar-refractivity contribution in [2.75, 3.05) is 13.2 Å².